The molecule has 0 aliphatic heterocycles. The van der Waals surface area contributed by atoms with Gasteiger partial charge in [-0.2, -0.15) is 9.90 Å². The summed E-state index contributed by atoms with van der Waals surface area (Å²) in [6, 6.07) is 16.9. The Balaban J connectivity index is 0.00000304. The average Bonchev–Trinajstić information content (AvgIpc) is 3.61. The number of unbranched alkanes of at least 4 members (excludes halogenated alkanes) is 1. The van der Waals surface area contributed by atoms with E-state index in [0.29, 0.717) is 40.3 Å². The van der Waals surface area contributed by atoms with Gasteiger partial charge >= 0.3 is 57.1 Å². The Morgan fingerprint density at radius 1 is 1.00 bits per heavy atom. The standard InChI is InChI=1S/C24H21Cl2N8O.K/c1-2-3-9-21-29-34(22-18(25)6-4-7-19(22)26)24(35)33(21)15-16-10-12-17(13-11-16)32-14-5-8-20(32)23-27-30-31-28-23;/h4-8,10-14H,2-3,9,15H2,1H3;/q-1;+1. The van der Waals surface area contributed by atoms with Gasteiger partial charge in [0.05, 0.1) is 28.1 Å². The minimum atomic E-state index is -0.281. The maximum Gasteiger partial charge on any atom is 1.00 e. The molecule has 9 nitrogen and oxygen atoms in total. The number of rotatable bonds is 8. The molecular weight excluding hydrogens is 526 g/mol. The van der Waals surface area contributed by atoms with Crippen molar-refractivity contribution in [2.24, 2.45) is 0 Å². The van der Waals surface area contributed by atoms with Gasteiger partial charge in [0.15, 0.2) is 0 Å². The molecule has 0 saturated heterocycles. The number of hydrogen-bond acceptors (Lipinski definition) is 5. The van der Waals surface area contributed by atoms with Gasteiger partial charge in [-0.05, 0) is 48.4 Å². The fourth-order valence-corrected chi connectivity index (χ4v) is 4.49. The van der Waals surface area contributed by atoms with Crippen molar-refractivity contribution in [1.29, 1.82) is 0 Å². The molecule has 0 fully saturated rings. The van der Waals surface area contributed by atoms with E-state index in [4.69, 9.17) is 23.2 Å². The quantitative estimate of drug-likeness (QED) is 0.272. The van der Waals surface area contributed by atoms with Gasteiger partial charge in [-0.25, -0.2) is 4.79 Å². The van der Waals surface area contributed by atoms with Gasteiger partial charge in [-0.3, -0.25) is 14.9 Å². The summed E-state index contributed by atoms with van der Waals surface area (Å²) in [5.41, 5.74) is 2.79. The zero-order chi connectivity index (χ0) is 24.4. The van der Waals surface area contributed by atoms with Crippen LogP contribution in [-0.2, 0) is 13.0 Å². The molecular formula is C24H21Cl2KN8O. The van der Waals surface area contributed by atoms with Crippen molar-refractivity contribution in [3.05, 3.63) is 92.7 Å². The Morgan fingerprint density at radius 3 is 2.42 bits per heavy atom. The first-order chi connectivity index (χ1) is 17.1. The summed E-state index contributed by atoms with van der Waals surface area (Å²) < 4.78 is 4.94. The molecule has 2 aromatic carbocycles. The molecule has 0 unspecified atom stereocenters. The molecule has 0 bridgehead atoms. The Labute approximate surface area is 259 Å². The molecule has 0 spiro atoms. The Bertz CT molecular complexity index is 1490. The van der Waals surface area contributed by atoms with E-state index in [9.17, 15) is 4.79 Å². The predicted octanol–water partition coefficient (Wildman–Crippen LogP) is 1.34. The van der Waals surface area contributed by atoms with Crippen LogP contribution < -0.4 is 62.2 Å². The third kappa shape index (κ3) is 5.45. The van der Waals surface area contributed by atoms with Crippen molar-refractivity contribution in [2.75, 3.05) is 0 Å². The maximum absolute atomic E-state index is 13.4. The van der Waals surface area contributed by atoms with Crippen LogP contribution in [0.3, 0.4) is 0 Å². The summed E-state index contributed by atoms with van der Waals surface area (Å²) in [7, 11) is 0. The van der Waals surface area contributed by atoms with Crippen LogP contribution in [0.25, 0.3) is 22.9 Å². The molecule has 12 heteroatoms. The fraction of sp³-hybridized carbons (Fsp3) is 0.208. The molecule has 3 aromatic heterocycles. The molecule has 0 aliphatic carbocycles. The van der Waals surface area contributed by atoms with Crippen LogP contribution in [0, 0.1) is 0 Å². The first kappa shape index (κ1) is 27.0. The van der Waals surface area contributed by atoms with E-state index >= 15 is 0 Å². The third-order valence-corrected chi connectivity index (χ3v) is 6.30. The molecule has 36 heavy (non-hydrogen) atoms. The van der Waals surface area contributed by atoms with Crippen LogP contribution in [0.5, 0.6) is 0 Å². The molecule has 178 valence electrons. The summed E-state index contributed by atoms with van der Waals surface area (Å²) in [6.45, 7) is 2.48. The van der Waals surface area contributed by atoms with E-state index < -0.39 is 0 Å². The average molecular weight is 547 g/mol. The van der Waals surface area contributed by atoms with Crippen molar-refractivity contribution in [2.45, 2.75) is 32.7 Å². The number of benzene rings is 2. The third-order valence-electron chi connectivity index (χ3n) is 5.69. The van der Waals surface area contributed by atoms with E-state index in [0.717, 1.165) is 29.8 Å². The number of aromatic nitrogens is 8. The zero-order valence-electron chi connectivity index (χ0n) is 19.8. The monoisotopic (exact) mass is 546 g/mol. The maximum atomic E-state index is 13.4. The second kappa shape index (κ2) is 12.0. The molecule has 5 aromatic rings. The van der Waals surface area contributed by atoms with Gasteiger partial charge in [0.2, 0.25) is 0 Å². The molecule has 0 radical (unpaired) electrons. The van der Waals surface area contributed by atoms with Crippen LogP contribution >= 0.6 is 23.2 Å². The van der Waals surface area contributed by atoms with Crippen LogP contribution in [-0.4, -0.2) is 34.4 Å². The fourth-order valence-electron chi connectivity index (χ4n) is 3.93. The summed E-state index contributed by atoms with van der Waals surface area (Å²) >= 11 is 12.7. The van der Waals surface area contributed by atoms with Gasteiger partial charge in [0.1, 0.15) is 11.5 Å². The molecule has 3 heterocycles. The Kier molecular flexibility index (Phi) is 8.99. The van der Waals surface area contributed by atoms with Gasteiger partial charge in [-0.15, -0.1) is 5.10 Å². The predicted molar refractivity (Wildman–Crippen MR) is 133 cm³/mol. The Hall–Kier alpha value is -2.05. The SMILES string of the molecule is CCCCc1nn(-c2c(Cl)cccc2Cl)c(=O)n1Cc1ccc(-n2cccc2-c2nnn[n-]2)cc1.[K+]. The number of hydrogen-bond donors (Lipinski definition) is 0. The zero-order valence-corrected chi connectivity index (χ0v) is 24.5. The van der Waals surface area contributed by atoms with Gasteiger partial charge in [0.25, 0.3) is 0 Å². The van der Waals surface area contributed by atoms with Crippen LogP contribution in [0.15, 0.2) is 65.6 Å². The molecule has 0 atom stereocenters. The first-order valence-electron chi connectivity index (χ1n) is 11.2. The normalized spacial score (nSPS) is 11.0. The summed E-state index contributed by atoms with van der Waals surface area (Å²) in [5.74, 6) is 1.15. The van der Waals surface area contributed by atoms with E-state index in [1.54, 1.807) is 22.8 Å². The van der Waals surface area contributed by atoms with Crippen molar-refractivity contribution in [1.82, 2.24) is 39.5 Å². The van der Waals surface area contributed by atoms with E-state index in [-0.39, 0.29) is 57.1 Å². The first-order valence-corrected chi connectivity index (χ1v) is 11.9. The van der Waals surface area contributed by atoms with Crippen molar-refractivity contribution >= 4 is 23.2 Å². The number of para-hydroxylation sites is 1. The van der Waals surface area contributed by atoms with Crippen molar-refractivity contribution < 1.29 is 51.4 Å². The largest absolute Gasteiger partial charge is 1.00 e. The van der Waals surface area contributed by atoms with E-state index in [1.807, 2.05) is 47.2 Å². The Morgan fingerprint density at radius 2 is 1.75 bits per heavy atom. The number of tetrazole rings is 1. The van der Waals surface area contributed by atoms with Gasteiger partial charge in [-0.1, -0.05) is 54.7 Å². The van der Waals surface area contributed by atoms with Crippen LogP contribution in [0.2, 0.25) is 10.0 Å². The van der Waals surface area contributed by atoms with Gasteiger partial charge < -0.3 is 9.67 Å². The minimum Gasteiger partial charge on any atom is -0.329 e. The van der Waals surface area contributed by atoms with Crippen LogP contribution in [0.1, 0.15) is 31.2 Å². The minimum absolute atomic E-state index is 0. The molecule has 0 amide bonds. The topological polar surface area (TPSA) is 97.5 Å². The van der Waals surface area contributed by atoms with Gasteiger partial charge in [0, 0.05) is 18.3 Å². The number of nitrogens with zero attached hydrogens (tertiary/aromatic N) is 8. The summed E-state index contributed by atoms with van der Waals surface area (Å²) in [5, 5.41) is 20.4. The molecule has 5 rings (SSSR count). The van der Waals surface area contributed by atoms with E-state index in [2.05, 4.69) is 32.6 Å². The number of halogens is 2. The van der Waals surface area contributed by atoms with Crippen molar-refractivity contribution in [3.63, 3.8) is 0 Å². The second-order valence-electron chi connectivity index (χ2n) is 8.00. The van der Waals surface area contributed by atoms with Crippen molar-refractivity contribution in [3.8, 4) is 22.9 Å². The molecule has 0 aliphatic rings. The summed E-state index contributed by atoms with van der Waals surface area (Å²) in [6.07, 6.45) is 4.49. The molecule has 0 N–H and O–H groups in total. The smallest absolute Gasteiger partial charge is 0.329 e. The van der Waals surface area contributed by atoms with Crippen LogP contribution in [0.4, 0.5) is 0 Å². The van der Waals surface area contributed by atoms with E-state index in [1.165, 1.54) is 4.68 Å². The number of aryl methyl sites for hydroxylation is 1. The molecule has 0 saturated carbocycles. The second-order valence-corrected chi connectivity index (χ2v) is 8.82. The summed E-state index contributed by atoms with van der Waals surface area (Å²) in [4.78, 5) is 13.4.